The minimum absolute atomic E-state index is 0.0610. The van der Waals surface area contributed by atoms with Gasteiger partial charge in [0.25, 0.3) is 11.6 Å². The Morgan fingerprint density at radius 3 is 2.67 bits per heavy atom. The van der Waals surface area contributed by atoms with Gasteiger partial charge in [-0.3, -0.25) is 14.9 Å². The van der Waals surface area contributed by atoms with Gasteiger partial charge in [-0.25, -0.2) is 9.18 Å². The van der Waals surface area contributed by atoms with Gasteiger partial charge in [-0.05, 0) is 6.07 Å². The number of halogens is 1. The average molecular weight is 298 g/mol. The first kappa shape index (κ1) is 14.9. The molecule has 1 unspecified atom stereocenters. The zero-order chi connectivity index (χ0) is 15.6. The van der Waals surface area contributed by atoms with Crippen molar-refractivity contribution in [2.45, 2.75) is 12.0 Å². The molecule has 1 aliphatic rings. The first-order valence-corrected chi connectivity index (χ1v) is 5.93. The Morgan fingerprint density at radius 2 is 2.14 bits per heavy atom. The number of rotatable bonds is 4. The molecule has 0 aromatic heterocycles. The van der Waals surface area contributed by atoms with Crippen molar-refractivity contribution in [1.82, 2.24) is 5.32 Å². The molecule has 8 nitrogen and oxygen atoms in total. The summed E-state index contributed by atoms with van der Waals surface area (Å²) in [5.74, 6) is -3.15. The van der Waals surface area contributed by atoms with Crippen molar-refractivity contribution >= 4 is 17.6 Å². The van der Waals surface area contributed by atoms with Crippen LogP contribution in [0.3, 0.4) is 0 Å². The normalized spacial score (nSPS) is 21.0. The van der Waals surface area contributed by atoms with E-state index in [-0.39, 0.29) is 25.2 Å². The minimum atomic E-state index is -1.60. The van der Waals surface area contributed by atoms with Gasteiger partial charge in [-0.2, -0.15) is 0 Å². The molecular formula is C12H11FN2O6. The van der Waals surface area contributed by atoms with E-state index in [0.717, 1.165) is 12.1 Å². The highest BCUT2D eigenvalue weighted by atomic mass is 19.1. The maximum absolute atomic E-state index is 13.3. The van der Waals surface area contributed by atoms with Crippen molar-refractivity contribution < 1.29 is 28.7 Å². The van der Waals surface area contributed by atoms with Crippen molar-refractivity contribution in [1.29, 1.82) is 0 Å². The summed E-state index contributed by atoms with van der Waals surface area (Å²) in [5, 5.41) is 22.1. The zero-order valence-corrected chi connectivity index (χ0v) is 10.7. The van der Waals surface area contributed by atoms with Crippen LogP contribution in [0.15, 0.2) is 18.2 Å². The second-order valence-corrected chi connectivity index (χ2v) is 4.60. The van der Waals surface area contributed by atoms with E-state index in [1.165, 1.54) is 0 Å². The maximum atomic E-state index is 13.3. The predicted molar refractivity (Wildman–Crippen MR) is 66.3 cm³/mol. The molecule has 1 amide bonds. The van der Waals surface area contributed by atoms with Crippen LogP contribution < -0.4 is 5.32 Å². The average Bonchev–Trinajstić information content (AvgIpc) is 2.87. The molecule has 0 bridgehead atoms. The number of ether oxygens (including phenoxy) is 1. The Morgan fingerprint density at radius 1 is 1.43 bits per heavy atom. The number of nitrogens with one attached hydrogen (secondary N) is 1. The van der Waals surface area contributed by atoms with Crippen LogP contribution in [-0.2, 0) is 9.53 Å². The molecular weight excluding hydrogens is 287 g/mol. The van der Waals surface area contributed by atoms with Crippen LogP contribution in [0.25, 0.3) is 0 Å². The number of carboxylic acids is 1. The second-order valence-electron chi connectivity index (χ2n) is 4.60. The van der Waals surface area contributed by atoms with Gasteiger partial charge >= 0.3 is 5.97 Å². The molecule has 0 saturated carbocycles. The number of carbonyl (C=O) groups excluding carboxylic acids is 1. The molecule has 1 aromatic rings. The first-order valence-electron chi connectivity index (χ1n) is 5.93. The third-order valence-corrected chi connectivity index (χ3v) is 3.14. The fourth-order valence-corrected chi connectivity index (χ4v) is 1.99. The van der Waals surface area contributed by atoms with Crippen molar-refractivity contribution in [3.8, 4) is 0 Å². The van der Waals surface area contributed by atoms with Crippen molar-refractivity contribution in [2.75, 3.05) is 13.2 Å². The maximum Gasteiger partial charge on any atom is 0.331 e. The van der Waals surface area contributed by atoms with Gasteiger partial charge < -0.3 is 15.2 Å². The van der Waals surface area contributed by atoms with Crippen molar-refractivity contribution in [3.05, 3.63) is 39.7 Å². The Kier molecular flexibility index (Phi) is 3.85. The van der Waals surface area contributed by atoms with Gasteiger partial charge in [-0.15, -0.1) is 0 Å². The number of carbonyl (C=O) groups is 2. The summed E-state index contributed by atoms with van der Waals surface area (Å²) >= 11 is 0. The van der Waals surface area contributed by atoms with Crippen LogP contribution in [0.1, 0.15) is 16.8 Å². The van der Waals surface area contributed by atoms with Gasteiger partial charge in [0.1, 0.15) is 5.82 Å². The topological polar surface area (TPSA) is 119 Å². The molecule has 0 spiro atoms. The van der Waals surface area contributed by atoms with Crippen LogP contribution in [0.2, 0.25) is 0 Å². The van der Waals surface area contributed by atoms with E-state index in [0.29, 0.717) is 6.07 Å². The van der Waals surface area contributed by atoms with Gasteiger partial charge in [0.15, 0.2) is 5.54 Å². The molecule has 112 valence electrons. The lowest BCUT2D eigenvalue weighted by Crippen LogP contribution is -2.55. The van der Waals surface area contributed by atoms with Crippen molar-refractivity contribution in [2.24, 2.45) is 0 Å². The van der Waals surface area contributed by atoms with E-state index in [1.807, 2.05) is 0 Å². The van der Waals surface area contributed by atoms with E-state index >= 15 is 0 Å². The molecule has 1 aromatic carbocycles. The van der Waals surface area contributed by atoms with Crippen LogP contribution in [-0.4, -0.2) is 40.7 Å². The van der Waals surface area contributed by atoms with Crippen LogP contribution in [0, 0.1) is 15.9 Å². The Balaban J connectivity index is 2.28. The van der Waals surface area contributed by atoms with E-state index in [4.69, 9.17) is 4.74 Å². The molecule has 2 N–H and O–H groups in total. The molecule has 2 rings (SSSR count). The summed E-state index contributed by atoms with van der Waals surface area (Å²) in [6.45, 7) is -0.0542. The number of aliphatic carboxylic acids is 1. The molecule has 21 heavy (non-hydrogen) atoms. The molecule has 1 fully saturated rings. The van der Waals surface area contributed by atoms with Gasteiger partial charge in [-0.1, -0.05) is 0 Å². The fourth-order valence-electron chi connectivity index (χ4n) is 1.99. The summed E-state index contributed by atoms with van der Waals surface area (Å²) in [6.07, 6.45) is 0.0610. The summed E-state index contributed by atoms with van der Waals surface area (Å²) < 4.78 is 18.3. The highest BCUT2D eigenvalue weighted by molar-refractivity contribution is 5.98. The minimum Gasteiger partial charge on any atom is -0.479 e. The first-order chi connectivity index (χ1) is 9.84. The number of amides is 1. The van der Waals surface area contributed by atoms with Crippen molar-refractivity contribution in [3.63, 3.8) is 0 Å². The Labute approximate surface area is 117 Å². The summed E-state index contributed by atoms with van der Waals surface area (Å²) in [6, 6.07) is 2.35. The fraction of sp³-hybridized carbons (Fsp3) is 0.333. The lowest BCUT2D eigenvalue weighted by molar-refractivity contribution is -0.385. The number of nitrogens with zero attached hydrogens (tertiary/aromatic N) is 1. The highest BCUT2D eigenvalue weighted by Gasteiger charge is 2.44. The highest BCUT2D eigenvalue weighted by Crippen LogP contribution is 2.21. The summed E-state index contributed by atoms with van der Waals surface area (Å²) in [4.78, 5) is 33.1. The standard InChI is InChI=1S/C12H11FN2O6/c13-8-3-7(4-9(5-8)15(19)20)10(16)14-12(11(17)18)1-2-21-6-12/h3-5H,1-2,6H2,(H,14,16)(H,17,18). The van der Waals surface area contributed by atoms with Gasteiger partial charge in [0.2, 0.25) is 0 Å². The molecule has 1 atom stereocenters. The Bertz CT molecular complexity index is 612. The third kappa shape index (κ3) is 2.97. The summed E-state index contributed by atoms with van der Waals surface area (Å²) in [5.41, 5.74) is -2.51. The van der Waals surface area contributed by atoms with E-state index in [1.54, 1.807) is 0 Å². The monoisotopic (exact) mass is 298 g/mol. The number of hydrogen-bond donors (Lipinski definition) is 2. The second kappa shape index (κ2) is 5.44. The molecule has 1 heterocycles. The van der Waals surface area contributed by atoms with Crippen LogP contribution >= 0.6 is 0 Å². The zero-order valence-electron chi connectivity index (χ0n) is 10.7. The SMILES string of the molecule is O=C(NC1(C(=O)O)CCOC1)c1cc(F)cc([N+](=O)[O-])c1. The lowest BCUT2D eigenvalue weighted by Gasteiger charge is -2.23. The number of carboxylic acid groups (broad SMARTS) is 1. The number of benzene rings is 1. The molecule has 0 aliphatic carbocycles. The molecule has 0 radical (unpaired) electrons. The largest absolute Gasteiger partial charge is 0.479 e. The molecule has 9 heteroatoms. The van der Waals surface area contributed by atoms with Gasteiger partial charge in [0, 0.05) is 24.7 Å². The molecule has 1 saturated heterocycles. The number of non-ortho nitro benzene ring substituents is 1. The summed E-state index contributed by atoms with van der Waals surface area (Å²) in [7, 11) is 0. The van der Waals surface area contributed by atoms with E-state index in [2.05, 4.69) is 5.32 Å². The molecule has 1 aliphatic heterocycles. The van der Waals surface area contributed by atoms with Gasteiger partial charge in [0.05, 0.1) is 17.6 Å². The number of hydrogen-bond acceptors (Lipinski definition) is 5. The van der Waals surface area contributed by atoms with Crippen LogP contribution in [0.4, 0.5) is 10.1 Å². The quantitative estimate of drug-likeness (QED) is 0.624. The van der Waals surface area contributed by atoms with E-state index < -0.39 is 33.8 Å². The smallest absolute Gasteiger partial charge is 0.331 e. The lowest BCUT2D eigenvalue weighted by atomic mass is 9.98. The van der Waals surface area contributed by atoms with Crippen LogP contribution in [0.5, 0.6) is 0 Å². The third-order valence-electron chi connectivity index (χ3n) is 3.14. The predicted octanol–water partition coefficient (Wildman–Crippen LogP) is 0.707. The number of nitro groups is 1. The Hall–Kier alpha value is -2.55. The number of nitro benzene ring substituents is 1. The van der Waals surface area contributed by atoms with E-state index in [9.17, 15) is 29.2 Å².